The van der Waals surface area contributed by atoms with Crippen molar-refractivity contribution in [2.24, 2.45) is 0 Å². The standard InChI is InChI=1S/C25H31N3O5/c1-31-22-12-10-18(16-23(22)32-2)9-11-20-7-3-4-13-27(20)24(29)26-19-6-5-8-21(17-19)28-14-15-33-25(28)30/h5-6,8,10,12,16-17,20H,3-4,7,9,11,13-15H2,1-2H3,(H,26,29)/t20-/m0/s1. The molecule has 0 aromatic heterocycles. The molecule has 2 fully saturated rings. The lowest BCUT2D eigenvalue weighted by molar-refractivity contribution is 0.158. The molecule has 2 aliphatic rings. The highest BCUT2D eigenvalue weighted by Gasteiger charge is 2.27. The van der Waals surface area contributed by atoms with Crippen molar-refractivity contribution in [1.29, 1.82) is 0 Å². The van der Waals surface area contributed by atoms with Crippen LogP contribution in [0.2, 0.25) is 0 Å². The first-order chi connectivity index (χ1) is 16.1. The lowest BCUT2D eigenvalue weighted by atomic mass is 9.96. The number of carbonyl (C=O) groups is 2. The molecule has 0 saturated carbocycles. The second kappa shape index (κ2) is 10.5. The van der Waals surface area contributed by atoms with Crippen LogP contribution in [0.4, 0.5) is 21.0 Å². The molecule has 0 spiro atoms. The Morgan fingerprint density at radius 3 is 2.70 bits per heavy atom. The van der Waals surface area contributed by atoms with Crippen LogP contribution in [-0.4, -0.2) is 57.0 Å². The van der Waals surface area contributed by atoms with Gasteiger partial charge in [-0.05, 0) is 68.0 Å². The number of nitrogens with zero attached hydrogens (tertiary/aromatic N) is 2. The van der Waals surface area contributed by atoms with Crippen molar-refractivity contribution in [2.45, 2.75) is 38.1 Å². The second-order valence-electron chi connectivity index (χ2n) is 8.32. The van der Waals surface area contributed by atoms with Crippen LogP contribution in [0.3, 0.4) is 0 Å². The molecule has 0 aliphatic carbocycles. The Hall–Kier alpha value is -3.42. The third kappa shape index (κ3) is 5.32. The number of cyclic esters (lactones) is 1. The molecule has 8 heteroatoms. The van der Waals surface area contributed by atoms with E-state index in [1.807, 2.05) is 47.4 Å². The maximum absolute atomic E-state index is 13.1. The predicted molar refractivity (Wildman–Crippen MR) is 126 cm³/mol. The Bertz CT molecular complexity index is 996. The number of rotatable bonds is 7. The number of amides is 3. The van der Waals surface area contributed by atoms with E-state index in [2.05, 4.69) is 5.32 Å². The van der Waals surface area contributed by atoms with Gasteiger partial charge in [0.25, 0.3) is 0 Å². The van der Waals surface area contributed by atoms with Crippen LogP contribution in [0.15, 0.2) is 42.5 Å². The fourth-order valence-corrected chi connectivity index (χ4v) is 4.51. The number of nitrogens with one attached hydrogen (secondary N) is 1. The zero-order valence-corrected chi connectivity index (χ0v) is 19.2. The number of aryl methyl sites for hydroxylation is 1. The number of piperidine rings is 1. The summed E-state index contributed by atoms with van der Waals surface area (Å²) < 4.78 is 15.8. The number of methoxy groups -OCH3 is 2. The first kappa shape index (κ1) is 22.8. The number of urea groups is 1. The van der Waals surface area contributed by atoms with Crippen LogP contribution in [-0.2, 0) is 11.2 Å². The topological polar surface area (TPSA) is 80.3 Å². The largest absolute Gasteiger partial charge is 0.493 e. The Morgan fingerprint density at radius 2 is 1.94 bits per heavy atom. The summed E-state index contributed by atoms with van der Waals surface area (Å²) in [4.78, 5) is 28.5. The molecule has 2 aromatic rings. The van der Waals surface area contributed by atoms with E-state index >= 15 is 0 Å². The van der Waals surface area contributed by atoms with Crippen molar-refractivity contribution < 1.29 is 23.8 Å². The summed E-state index contributed by atoms with van der Waals surface area (Å²) in [7, 11) is 3.26. The molecule has 1 atom stereocenters. The van der Waals surface area contributed by atoms with Gasteiger partial charge in [-0.2, -0.15) is 0 Å². The number of anilines is 2. The van der Waals surface area contributed by atoms with E-state index in [4.69, 9.17) is 14.2 Å². The molecule has 2 aliphatic heterocycles. The molecule has 8 nitrogen and oxygen atoms in total. The number of benzene rings is 2. The minimum absolute atomic E-state index is 0.104. The van der Waals surface area contributed by atoms with Crippen molar-refractivity contribution >= 4 is 23.5 Å². The average molecular weight is 454 g/mol. The van der Waals surface area contributed by atoms with Crippen LogP contribution in [0.1, 0.15) is 31.2 Å². The quantitative estimate of drug-likeness (QED) is 0.658. The Morgan fingerprint density at radius 1 is 1.09 bits per heavy atom. The third-order valence-corrected chi connectivity index (χ3v) is 6.27. The van der Waals surface area contributed by atoms with Crippen molar-refractivity contribution in [3.63, 3.8) is 0 Å². The van der Waals surface area contributed by atoms with E-state index in [9.17, 15) is 9.59 Å². The zero-order chi connectivity index (χ0) is 23.2. The van der Waals surface area contributed by atoms with Gasteiger partial charge in [0.15, 0.2) is 11.5 Å². The molecule has 176 valence electrons. The molecule has 3 amide bonds. The van der Waals surface area contributed by atoms with Gasteiger partial charge in [-0.15, -0.1) is 0 Å². The molecule has 2 heterocycles. The zero-order valence-electron chi connectivity index (χ0n) is 19.2. The highest BCUT2D eigenvalue weighted by atomic mass is 16.6. The van der Waals surface area contributed by atoms with Crippen molar-refractivity contribution in [3.05, 3.63) is 48.0 Å². The van der Waals surface area contributed by atoms with E-state index < -0.39 is 0 Å². The van der Waals surface area contributed by atoms with Gasteiger partial charge in [-0.3, -0.25) is 4.90 Å². The van der Waals surface area contributed by atoms with E-state index in [1.54, 1.807) is 19.1 Å². The Kier molecular flexibility index (Phi) is 7.22. The summed E-state index contributed by atoms with van der Waals surface area (Å²) in [6.45, 7) is 1.63. The fraction of sp³-hybridized carbons (Fsp3) is 0.440. The van der Waals surface area contributed by atoms with Gasteiger partial charge in [-0.25, -0.2) is 9.59 Å². The molecular formula is C25H31N3O5. The average Bonchev–Trinajstić information content (AvgIpc) is 3.28. The number of likely N-dealkylation sites (tertiary alicyclic amines) is 1. The number of hydrogen-bond acceptors (Lipinski definition) is 5. The minimum atomic E-state index is -0.357. The van der Waals surface area contributed by atoms with Crippen molar-refractivity contribution in [3.8, 4) is 11.5 Å². The lowest BCUT2D eigenvalue weighted by Crippen LogP contribution is -2.46. The smallest absolute Gasteiger partial charge is 0.414 e. The van der Waals surface area contributed by atoms with E-state index in [0.29, 0.717) is 24.6 Å². The van der Waals surface area contributed by atoms with Gasteiger partial charge in [-0.1, -0.05) is 12.1 Å². The van der Waals surface area contributed by atoms with E-state index in [0.717, 1.165) is 55.6 Å². The fourth-order valence-electron chi connectivity index (χ4n) is 4.51. The normalized spacial score (nSPS) is 18.1. The molecular weight excluding hydrogens is 422 g/mol. The van der Waals surface area contributed by atoms with E-state index in [-0.39, 0.29) is 18.2 Å². The molecule has 0 unspecified atom stereocenters. The van der Waals surface area contributed by atoms with Crippen LogP contribution in [0.5, 0.6) is 11.5 Å². The summed E-state index contributed by atoms with van der Waals surface area (Å²) in [6, 6.07) is 13.4. The minimum Gasteiger partial charge on any atom is -0.493 e. The second-order valence-corrected chi connectivity index (χ2v) is 8.32. The van der Waals surface area contributed by atoms with Crippen LogP contribution >= 0.6 is 0 Å². The lowest BCUT2D eigenvalue weighted by Gasteiger charge is -2.36. The summed E-state index contributed by atoms with van der Waals surface area (Å²) in [5.41, 5.74) is 2.55. The molecule has 0 bridgehead atoms. The summed E-state index contributed by atoms with van der Waals surface area (Å²) in [5, 5.41) is 3.02. The molecule has 1 N–H and O–H groups in total. The van der Waals surface area contributed by atoms with E-state index in [1.165, 1.54) is 0 Å². The SMILES string of the molecule is COc1ccc(CC[C@@H]2CCCCN2C(=O)Nc2cccc(N3CCOC3=O)c2)cc1OC. The molecule has 2 saturated heterocycles. The third-order valence-electron chi connectivity index (χ3n) is 6.27. The number of hydrogen-bond donors (Lipinski definition) is 1. The van der Waals surface area contributed by atoms with Gasteiger partial charge in [0.1, 0.15) is 6.61 Å². The Labute approximate surface area is 194 Å². The molecule has 0 radical (unpaired) electrons. The first-order valence-electron chi connectivity index (χ1n) is 11.4. The summed E-state index contributed by atoms with van der Waals surface area (Å²) in [5.74, 6) is 1.43. The van der Waals surface area contributed by atoms with Gasteiger partial charge in [0.2, 0.25) is 0 Å². The highest BCUT2D eigenvalue weighted by molar-refractivity contribution is 5.93. The molecule has 33 heavy (non-hydrogen) atoms. The van der Waals surface area contributed by atoms with Crippen LogP contribution < -0.4 is 19.7 Å². The van der Waals surface area contributed by atoms with Gasteiger partial charge >= 0.3 is 12.1 Å². The predicted octanol–water partition coefficient (Wildman–Crippen LogP) is 4.68. The molecule has 4 rings (SSSR count). The van der Waals surface area contributed by atoms with Gasteiger partial charge in [0.05, 0.1) is 20.8 Å². The molecule has 2 aromatic carbocycles. The van der Waals surface area contributed by atoms with Crippen LogP contribution in [0, 0.1) is 0 Å². The maximum atomic E-state index is 13.1. The summed E-state index contributed by atoms with van der Waals surface area (Å²) >= 11 is 0. The van der Waals surface area contributed by atoms with Gasteiger partial charge < -0.3 is 24.4 Å². The number of ether oxygens (including phenoxy) is 3. The van der Waals surface area contributed by atoms with Gasteiger partial charge in [0, 0.05) is 24.0 Å². The summed E-state index contributed by atoms with van der Waals surface area (Å²) in [6.07, 6.45) is 4.47. The van der Waals surface area contributed by atoms with Crippen molar-refractivity contribution in [2.75, 3.05) is 44.1 Å². The van der Waals surface area contributed by atoms with Crippen LogP contribution in [0.25, 0.3) is 0 Å². The number of carbonyl (C=O) groups excluding carboxylic acids is 2. The highest BCUT2D eigenvalue weighted by Crippen LogP contribution is 2.29. The monoisotopic (exact) mass is 453 g/mol. The first-order valence-corrected chi connectivity index (χ1v) is 11.4. The Balaban J connectivity index is 1.40. The maximum Gasteiger partial charge on any atom is 0.414 e. The van der Waals surface area contributed by atoms with Crippen molar-refractivity contribution in [1.82, 2.24) is 4.90 Å².